The van der Waals surface area contributed by atoms with E-state index in [1.54, 1.807) is 0 Å². The highest BCUT2D eigenvalue weighted by Crippen LogP contribution is 2.32. The first-order valence-electron chi connectivity index (χ1n) is 4.40. The Bertz CT molecular complexity index is 522. The van der Waals surface area contributed by atoms with Crippen molar-refractivity contribution in [3.05, 3.63) is 23.3 Å². The highest BCUT2D eigenvalue weighted by Gasteiger charge is 2.33. The highest BCUT2D eigenvalue weighted by molar-refractivity contribution is 7.80. The third kappa shape index (κ3) is 3.07. The Morgan fingerprint density at radius 2 is 2.06 bits per heavy atom. The van der Waals surface area contributed by atoms with Crippen LogP contribution < -0.4 is 4.74 Å². The van der Waals surface area contributed by atoms with E-state index in [0.717, 1.165) is 19.2 Å². The summed E-state index contributed by atoms with van der Waals surface area (Å²) in [5.41, 5.74) is -0.606. The summed E-state index contributed by atoms with van der Waals surface area (Å²) in [5.74, 6) is -1.53. The van der Waals surface area contributed by atoms with Crippen LogP contribution in [0.5, 0.6) is 5.75 Å². The number of alkyl halides is 3. The van der Waals surface area contributed by atoms with Gasteiger partial charge in [0.15, 0.2) is 0 Å². The van der Waals surface area contributed by atoms with Crippen molar-refractivity contribution in [3.8, 4) is 11.8 Å². The standard InChI is InChI=1S/C10H6F3NO3S/c1-16-9(15)5-2-3-7(17-10(11,12)13)6(4-14)8(5)18/h2-3,18H,1H3. The van der Waals surface area contributed by atoms with Gasteiger partial charge in [-0.2, -0.15) is 5.26 Å². The van der Waals surface area contributed by atoms with Crippen LogP contribution >= 0.6 is 12.6 Å². The average molecular weight is 277 g/mol. The van der Waals surface area contributed by atoms with E-state index in [2.05, 4.69) is 22.1 Å². The minimum absolute atomic E-state index is 0.119. The highest BCUT2D eigenvalue weighted by atomic mass is 32.1. The molecule has 1 rings (SSSR count). The summed E-state index contributed by atoms with van der Waals surface area (Å²) in [5, 5.41) is 8.78. The molecular weight excluding hydrogens is 271 g/mol. The third-order valence-corrected chi connectivity index (χ3v) is 2.35. The molecule has 0 bridgehead atoms. The topological polar surface area (TPSA) is 59.3 Å². The van der Waals surface area contributed by atoms with Gasteiger partial charge in [0.25, 0.3) is 0 Å². The van der Waals surface area contributed by atoms with Gasteiger partial charge in [-0.05, 0) is 12.1 Å². The number of halogens is 3. The van der Waals surface area contributed by atoms with Crippen molar-refractivity contribution in [1.82, 2.24) is 0 Å². The number of carbonyl (C=O) groups is 1. The fourth-order valence-electron chi connectivity index (χ4n) is 1.17. The Balaban J connectivity index is 3.31. The predicted molar refractivity (Wildman–Crippen MR) is 56.4 cm³/mol. The molecule has 0 aliphatic carbocycles. The van der Waals surface area contributed by atoms with E-state index in [9.17, 15) is 18.0 Å². The van der Waals surface area contributed by atoms with Gasteiger partial charge < -0.3 is 9.47 Å². The van der Waals surface area contributed by atoms with Gasteiger partial charge in [0.2, 0.25) is 0 Å². The number of hydrogen-bond donors (Lipinski definition) is 1. The molecule has 96 valence electrons. The van der Waals surface area contributed by atoms with Crippen molar-refractivity contribution in [3.63, 3.8) is 0 Å². The number of hydrogen-bond acceptors (Lipinski definition) is 5. The van der Waals surface area contributed by atoms with E-state index in [1.165, 1.54) is 6.07 Å². The Kier molecular flexibility index (Phi) is 4.08. The van der Waals surface area contributed by atoms with Gasteiger partial charge in [-0.1, -0.05) is 0 Å². The van der Waals surface area contributed by atoms with Gasteiger partial charge in [0.05, 0.1) is 12.7 Å². The van der Waals surface area contributed by atoms with E-state index in [-0.39, 0.29) is 10.5 Å². The number of benzene rings is 1. The molecule has 0 N–H and O–H groups in total. The summed E-state index contributed by atoms with van der Waals surface area (Å²) in [6.45, 7) is 0. The second-order valence-electron chi connectivity index (χ2n) is 2.99. The molecule has 0 fully saturated rings. The first-order chi connectivity index (χ1) is 8.30. The monoisotopic (exact) mass is 277 g/mol. The number of ether oxygens (including phenoxy) is 2. The molecule has 0 aliphatic heterocycles. The summed E-state index contributed by atoms with van der Waals surface area (Å²) in [6, 6.07) is 3.39. The summed E-state index contributed by atoms with van der Waals surface area (Å²) >= 11 is 3.83. The van der Waals surface area contributed by atoms with Gasteiger partial charge in [-0.3, -0.25) is 0 Å². The first-order valence-corrected chi connectivity index (χ1v) is 4.85. The fourth-order valence-corrected chi connectivity index (χ4v) is 1.49. The number of methoxy groups -OCH3 is 1. The largest absolute Gasteiger partial charge is 0.573 e. The van der Waals surface area contributed by atoms with Crippen molar-refractivity contribution in [2.45, 2.75) is 11.3 Å². The van der Waals surface area contributed by atoms with E-state index in [4.69, 9.17) is 5.26 Å². The Morgan fingerprint density at radius 3 is 2.50 bits per heavy atom. The molecule has 4 nitrogen and oxygen atoms in total. The zero-order valence-electron chi connectivity index (χ0n) is 8.91. The summed E-state index contributed by atoms with van der Waals surface area (Å²) in [4.78, 5) is 11.0. The fraction of sp³-hybridized carbons (Fsp3) is 0.200. The molecule has 0 unspecified atom stereocenters. The molecule has 0 spiro atoms. The van der Waals surface area contributed by atoms with Crippen LogP contribution in [0.15, 0.2) is 17.0 Å². The van der Waals surface area contributed by atoms with Crippen LogP contribution in [0, 0.1) is 11.3 Å². The molecule has 0 heterocycles. The smallest absolute Gasteiger partial charge is 0.465 e. The molecular formula is C10H6F3NO3S. The minimum Gasteiger partial charge on any atom is -0.465 e. The SMILES string of the molecule is COC(=O)c1ccc(OC(F)(F)F)c(C#N)c1S. The Labute approximate surface area is 105 Å². The molecule has 0 atom stereocenters. The Hall–Kier alpha value is -1.88. The molecule has 0 aliphatic rings. The van der Waals surface area contributed by atoms with E-state index in [1.807, 2.05) is 0 Å². The molecule has 0 aromatic heterocycles. The molecule has 18 heavy (non-hydrogen) atoms. The number of nitrogens with zero attached hydrogens (tertiary/aromatic N) is 1. The van der Waals surface area contributed by atoms with Crippen LogP contribution in [0.3, 0.4) is 0 Å². The van der Waals surface area contributed by atoms with Crippen molar-refractivity contribution in [1.29, 1.82) is 5.26 Å². The average Bonchev–Trinajstić information content (AvgIpc) is 2.26. The van der Waals surface area contributed by atoms with Crippen LogP contribution in [0.2, 0.25) is 0 Å². The zero-order valence-corrected chi connectivity index (χ0v) is 9.80. The van der Waals surface area contributed by atoms with Crippen LogP contribution in [0.4, 0.5) is 13.2 Å². The molecule has 0 saturated heterocycles. The molecule has 8 heteroatoms. The summed E-state index contributed by atoms with van der Waals surface area (Å²) in [6.07, 6.45) is -4.93. The van der Waals surface area contributed by atoms with Gasteiger partial charge in [0.1, 0.15) is 17.4 Å². The second-order valence-corrected chi connectivity index (χ2v) is 3.43. The summed E-state index contributed by atoms with van der Waals surface area (Å²) < 4.78 is 44.2. The quantitative estimate of drug-likeness (QED) is 0.666. The first kappa shape index (κ1) is 14.2. The lowest BCUT2D eigenvalue weighted by molar-refractivity contribution is -0.274. The number of esters is 1. The van der Waals surface area contributed by atoms with Gasteiger partial charge >= 0.3 is 12.3 Å². The van der Waals surface area contributed by atoms with Gasteiger partial charge in [-0.25, -0.2) is 4.79 Å². The van der Waals surface area contributed by atoms with Gasteiger partial charge in [0, 0.05) is 4.90 Å². The lowest BCUT2D eigenvalue weighted by Crippen LogP contribution is -2.18. The number of thiol groups is 1. The maximum absolute atomic E-state index is 12.1. The zero-order chi connectivity index (χ0) is 13.9. The number of rotatable bonds is 2. The van der Waals surface area contributed by atoms with Crippen LogP contribution in [0.25, 0.3) is 0 Å². The summed E-state index contributed by atoms with van der Waals surface area (Å²) in [7, 11) is 1.10. The second kappa shape index (κ2) is 5.18. The van der Waals surface area contributed by atoms with Crippen molar-refractivity contribution in [2.24, 2.45) is 0 Å². The number of carbonyl (C=O) groups excluding carboxylic acids is 1. The molecule has 1 aromatic rings. The van der Waals surface area contributed by atoms with Crippen molar-refractivity contribution < 1.29 is 27.4 Å². The van der Waals surface area contributed by atoms with E-state index in [0.29, 0.717) is 0 Å². The molecule has 0 radical (unpaired) electrons. The van der Waals surface area contributed by atoms with Gasteiger partial charge in [-0.15, -0.1) is 25.8 Å². The van der Waals surface area contributed by atoms with Crippen LogP contribution in [-0.2, 0) is 4.74 Å². The maximum atomic E-state index is 12.1. The lowest BCUT2D eigenvalue weighted by atomic mass is 10.1. The normalized spacial score (nSPS) is 10.7. The van der Waals surface area contributed by atoms with Crippen LogP contribution in [0.1, 0.15) is 15.9 Å². The van der Waals surface area contributed by atoms with E-state index >= 15 is 0 Å². The van der Waals surface area contributed by atoms with E-state index < -0.39 is 23.6 Å². The molecule has 0 amide bonds. The Morgan fingerprint density at radius 1 is 1.44 bits per heavy atom. The molecule has 1 aromatic carbocycles. The van der Waals surface area contributed by atoms with Crippen molar-refractivity contribution >= 4 is 18.6 Å². The van der Waals surface area contributed by atoms with Crippen molar-refractivity contribution in [2.75, 3.05) is 7.11 Å². The minimum atomic E-state index is -4.93. The maximum Gasteiger partial charge on any atom is 0.573 e. The number of nitriles is 1. The molecule has 0 saturated carbocycles. The third-order valence-electron chi connectivity index (χ3n) is 1.88. The lowest BCUT2D eigenvalue weighted by Gasteiger charge is -2.12. The van der Waals surface area contributed by atoms with Crippen LogP contribution in [-0.4, -0.2) is 19.4 Å². The predicted octanol–water partition coefficient (Wildman–Crippen LogP) is 2.53.